The van der Waals surface area contributed by atoms with E-state index in [0.717, 1.165) is 18.8 Å². The molecule has 1 aromatic rings. The molecule has 0 saturated heterocycles. The molecule has 19 heavy (non-hydrogen) atoms. The van der Waals surface area contributed by atoms with Gasteiger partial charge in [0, 0.05) is 31.3 Å². The Bertz CT molecular complexity index is 369. The van der Waals surface area contributed by atoms with Gasteiger partial charge in [-0.25, -0.2) is 0 Å². The van der Waals surface area contributed by atoms with E-state index in [9.17, 15) is 0 Å². The van der Waals surface area contributed by atoms with Crippen LogP contribution in [0.1, 0.15) is 13.8 Å². The predicted octanol–water partition coefficient (Wildman–Crippen LogP) is 2.12. The molecular weight excluding hydrogens is 244 g/mol. The highest BCUT2D eigenvalue weighted by Gasteiger charge is 2.12. The SMILES string of the molecule is COc1cc(OC)c(NCCNC(C)C)c(OC)c1. The van der Waals surface area contributed by atoms with Crippen LogP contribution in [0.15, 0.2) is 12.1 Å². The maximum Gasteiger partial charge on any atom is 0.149 e. The molecule has 0 saturated carbocycles. The van der Waals surface area contributed by atoms with Gasteiger partial charge < -0.3 is 24.8 Å². The van der Waals surface area contributed by atoms with Crippen molar-refractivity contribution >= 4 is 5.69 Å². The fraction of sp³-hybridized carbons (Fsp3) is 0.571. The molecule has 0 aliphatic rings. The summed E-state index contributed by atoms with van der Waals surface area (Å²) in [6.07, 6.45) is 0. The smallest absolute Gasteiger partial charge is 0.149 e. The minimum Gasteiger partial charge on any atom is -0.496 e. The molecule has 1 aromatic carbocycles. The Kier molecular flexibility index (Phi) is 6.29. The molecule has 5 nitrogen and oxygen atoms in total. The topological polar surface area (TPSA) is 51.8 Å². The summed E-state index contributed by atoms with van der Waals surface area (Å²) in [6.45, 7) is 5.90. The lowest BCUT2D eigenvalue weighted by atomic mass is 10.2. The largest absolute Gasteiger partial charge is 0.496 e. The number of benzene rings is 1. The lowest BCUT2D eigenvalue weighted by Gasteiger charge is -2.17. The Balaban J connectivity index is 2.79. The molecule has 5 heteroatoms. The minimum absolute atomic E-state index is 0.474. The second-order valence-electron chi connectivity index (χ2n) is 4.44. The minimum atomic E-state index is 0.474. The molecule has 0 heterocycles. The molecule has 0 spiro atoms. The van der Waals surface area contributed by atoms with Crippen LogP contribution in [0.2, 0.25) is 0 Å². The molecule has 2 N–H and O–H groups in total. The number of nitrogens with one attached hydrogen (secondary N) is 2. The maximum atomic E-state index is 5.37. The van der Waals surface area contributed by atoms with E-state index in [0.29, 0.717) is 23.3 Å². The molecule has 0 unspecified atom stereocenters. The second kappa shape index (κ2) is 7.74. The standard InChI is InChI=1S/C14H24N2O3/c1-10(2)15-6-7-16-14-12(18-4)8-11(17-3)9-13(14)19-5/h8-10,15-16H,6-7H2,1-5H3. The van der Waals surface area contributed by atoms with E-state index in [-0.39, 0.29) is 0 Å². The van der Waals surface area contributed by atoms with Crippen molar-refractivity contribution in [2.45, 2.75) is 19.9 Å². The molecular formula is C14H24N2O3. The fourth-order valence-corrected chi connectivity index (χ4v) is 1.73. The summed E-state index contributed by atoms with van der Waals surface area (Å²) in [4.78, 5) is 0. The van der Waals surface area contributed by atoms with Crippen molar-refractivity contribution in [2.75, 3.05) is 39.7 Å². The fourth-order valence-electron chi connectivity index (χ4n) is 1.73. The van der Waals surface area contributed by atoms with Gasteiger partial charge >= 0.3 is 0 Å². The van der Waals surface area contributed by atoms with Gasteiger partial charge in [0.15, 0.2) is 0 Å². The summed E-state index contributed by atoms with van der Waals surface area (Å²) in [5, 5.41) is 6.67. The van der Waals surface area contributed by atoms with Gasteiger partial charge in [-0.05, 0) is 0 Å². The van der Waals surface area contributed by atoms with Crippen LogP contribution >= 0.6 is 0 Å². The summed E-state index contributed by atoms with van der Waals surface area (Å²) in [7, 11) is 4.88. The summed E-state index contributed by atoms with van der Waals surface area (Å²) in [5.74, 6) is 2.13. The highest BCUT2D eigenvalue weighted by molar-refractivity contribution is 5.68. The molecule has 0 bridgehead atoms. The zero-order chi connectivity index (χ0) is 14.3. The van der Waals surface area contributed by atoms with Crippen molar-refractivity contribution in [3.05, 3.63) is 12.1 Å². The molecule has 0 fully saturated rings. The van der Waals surface area contributed by atoms with Crippen molar-refractivity contribution in [1.82, 2.24) is 5.32 Å². The molecule has 0 amide bonds. The lowest BCUT2D eigenvalue weighted by molar-refractivity contribution is 0.377. The van der Waals surface area contributed by atoms with Crippen molar-refractivity contribution < 1.29 is 14.2 Å². The van der Waals surface area contributed by atoms with Crippen molar-refractivity contribution in [3.8, 4) is 17.2 Å². The van der Waals surface area contributed by atoms with Gasteiger partial charge in [0.25, 0.3) is 0 Å². The first-order valence-corrected chi connectivity index (χ1v) is 6.39. The van der Waals surface area contributed by atoms with E-state index < -0.39 is 0 Å². The third-order valence-electron chi connectivity index (χ3n) is 2.69. The second-order valence-corrected chi connectivity index (χ2v) is 4.44. The van der Waals surface area contributed by atoms with Crippen molar-refractivity contribution in [1.29, 1.82) is 0 Å². The monoisotopic (exact) mass is 268 g/mol. The maximum absolute atomic E-state index is 5.37. The molecule has 0 aromatic heterocycles. The van der Waals surface area contributed by atoms with Gasteiger partial charge in [-0.1, -0.05) is 13.8 Å². The first-order chi connectivity index (χ1) is 9.12. The van der Waals surface area contributed by atoms with Gasteiger partial charge in [0.05, 0.1) is 21.3 Å². The summed E-state index contributed by atoms with van der Waals surface area (Å²) in [6, 6.07) is 4.14. The highest BCUT2D eigenvalue weighted by Crippen LogP contribution is 2.38. The van der Waals surface area contributed by atoms with E-state index in [1.807, 2.05) is 12.1 Å². The first-order valence-electron chi connectivity index (χ1n) is 6.39. The normalized spacial score (nSPS) is 10.4. The summed E-state index contributed by atoms with van der Waals surface area (Å²) >= 11 is 0. The van der Waals surface area contributed by atoms with Crippen LogP contribution in [0, 0.1) is 0 Å². The number of ether oxygens (including phenoxy) is 3. The average Bonchev–Trinajstić information content (AvgIpc) is 2.42. The van der Waals surface area contributed by atoms with Gasteiger partial charge in [-0.15, -0.1) is 0 Å². The lowest BCUT2D eigenvalue weighted by Crippen LogP contribution is -2.28. The molecule has 0 atom stereocenters. The molecule has 0 radical (unpaired) electrons. The van der Waals surface area contributed by atoms with E-state index in [2.05, 4.69) is 24.5 Å². The Labute approximate surface area is 115 Å². The molecule has 1 rings (SSSR count). The zero-order valence-electron chi connectivity index (χ0n) is 12.4. The quantitative estimate of drug-likeness (QED) is 0.707. The summed E-state index contributed by atoms with van der Waals surface area (Å²) < 4.78 is 15.9. The van der Waals surface area contributed by atoms with E-state index in [1.54, 1.807) is 21.3 Å². The zero-order valence-corrected chi connectivity index (χ0v) is 12.4. The molecule has 108 valence electrons. The van der Waals surface area contributed by atoms with Crippen LogP contribution in [0.25, 0.3) is 0 Å². The van der Waals surface area contributed by atoms with Crippen LogP contribution in [0.3, 0.4) is 0 Å². The van der Waals surface area contributed by atoms with Crippen LogP contribution in [0.5, 0.6) is 17.2 Å². The van der Waals surface area contributed by atoms with Crippen LogP contribution in [-0.4, -0.2) is 40.5 Å². The summed E-state index contributed by atoms with van der Waals surface area (Å²) in [5.41, 5.74) is 0.844. The van der Waals surface area contributed by atoms with Crippen LogP contribution in [0.4, 0.5) is 5.69 Å². The van der Waals surface area contributed by atoms with Crippen molar-refractivity contribution in [2.24, 2.45) is 0 Å². The third kappa shape index (κ3) is 4.52. The van der Waals surface area contributed by atoms with Gasteiger partial charge in [0.2, 0.25) is 0 Å². The first kappa shape index (κ1) is 15.4. The Hall–Kier alpha value is -1.62. The number of anilines is 1. The van der Waals surface area contributed by atoms with Crippen molar-refractivity contribution in [3.63, 3.8) is 0 Å². The van der Waals surface area contributed by atoms with E-state index in [4.69, 9.17) is 14.2 Å². The molecule has 0 aliphatic heterocycles. The average molecular weight is 268 g/mol. The number of hydrogen-bond donors (Lipinski definition) is 2. The van der Waals surface area contributed by atoms with E-state index >= 15 is 0 Å². The number of methoxy groups -OCH3 is 3. The number of rotatable bonds is 8. The van der Waals surface area contributed by atoms with Gasteiger partial charge in [-0.3, -0.25) is 0 Å². The van der Waals surface area contributed by atoms with Crippen LogP contribution in [-0.2, 0) is 0 Å². The number of hydrogen-bond acceptors (Lipinski definition) is 5. The Morgan fingerprint density at radius 3 is 1.95 bits per heavy atom. The van der Waals surface area contributed by atoms with Gasteiger partial charge in [-0.2, -0.15) is 0 Å². The van der Waals surface area contributed by atoms with Crippen LogP contribution < -0.4 is 24.8 Å². The van der Waals surface area contributed by atoms with Gasteiger partial charge in [0.1, 0.15) is 22.9 Å². The Morgan fingerprint density at radius 1 is 0.947 bits per heavy atom. The third-order valence-corrected chi connectivity index (χ3v) is 2.69. The highest BCUT2D eigenvalue weighted by atomic mass is 16.5. The molecule has 0 aliphatic carbocycles. The Morgan fingerprint density at radius 2 is 1.53 bits per heavy atom. The predicted molar refractivity (Wildman–Crippen MR) is 77.7 cm³/mol. The van der Waals surface area contributed by atoms with E-state index in [1.165, 1.54) is 0 Å².